The molecule has 0 aromatic rings. The monoisotopic (exact) mass is 888 g/mol. The number of rotatable bonds is 49. The first-order valence-electron chi connectivity index (χ1n) is 26.2. The SMILES string of the molecule is CCCCCCCCCCCCCCCCCCCCCCCCCCCCCCCCCCCCCCC(=O)OC[C@H](COP(=O)([O-])OCC[N+](C)(C)C)OC(=O)CCC. The average Bonchev–Trinajstić information content (AvgIpc) is 3.21. The molecule has 1 unspecified atom stereocenters. The van der Waals surface area contributed by atoms with Crippen LogP contribution in [0.25, 0.3) is 0 Å². The highest BCUT2D eigenvalue weighted by atomic mass is 31.2. The number of phosphoric acid groups is 1. The molecular formula is C51H102NO8P. The van der Waals surface area contributed by atoms with Gasteiger partial charge in [0.1, 0.15) is 19.8 Å². The topological polar surface area (TPSA) is 111 Å². The molecule has 0 aliphatic rings. The van der Waals surface area contributed by atoms with Crippen molar-refractivity contribution in [2.75, 3.05) is 47.5 Å². The lowest BCUT2D eigenvalue weighted by Gasteiger charge is -2.28. The molecule has 0 radical (unpaired) electrons. The highest BCUT2D eigenvalue weighted by Crippen LogP contribution is 2.38. The fourth-order valence-corrected chi connectivity index (χ4v) is 8.54. The van der Waals surface area contributed by atoms with Crippen LogP contribution in [0.4, 0.5) is 0 Å². The maximum absolute atomic E-state index is 12.3. The smallest absolute Gasteiger partial charge is 0.306 e. The number of ether oxygens (including phenoxy) is 2. The fraction of sp³-hybridized carbons (Fsp3) is 0.961. The molecule has 0 N–H and O–H groups in total. The minimum absolute atomic E-state index is 0.0284. The highest BCUT2D eigenvalue weighted by molar-refractivity contribution is 7.45. The van der Waals surface area contributed by atoms with Gasteiger partial charge in [0, 0.05) is 12.8 Å². The molecule has 61 heavy (non-hydrogen) atoms. The van der Waals surface area contributed by atoms with Gasteiger partial charge in [0.2, 0.25) is 0 Å². The van der Waals surface area contributed by atoms with Crippen molar-refractivity contribution >= 4 is 19.8 Å². The van der Waals surface area contributed by atoms with Crippen molar-refractivity contribution in [3.63, 3.8) is 0 Å². The summed E-state index contributed by atoms with van der Waals surface area (Å²) in [6, 6.07) is 0. The number of hydrogen-bond acceptors (Lipinski definition) is 8. The molecule has 0 amide bonds. The number of nitrogens with zero attached hydrogens (tertiary/aromatic N) is 1. The molecule has 0 aromatic carbocycles. The van der Waals surface area contributed by atoms with Gasteiger partial charge in [0.25, 0.3) is 7.82 Å². The van der Waals surface area contributed by atoms with Gasteiger partial charge in [0.15, 0.2) is 6.10 Å². The molecule has 2 atom stereocenters. The van der Waals surface area contributed by atoms with Crippen molar-refractivity contribution in [2.45, 2.75) is 270 Å². The summed E-state index contributed by atoms with van der Waals surface area (Å²) in [5.74, 6) is -0.882. The molecule has 0 aliphatic heterocycles. The Morgan fingerprint density at radius 2 is 0.770 bits per heavy atom. The van der Waals surface area contributed by atoms with Crippen LogP contribution >= 0.6 is 7.82 Å². The van der Waals surface area contributed by atoms with Crippen molar-refractivity contribution in [3.8, 4) is 0 Å². The lowest BCUT2D eigenvalue weighted by molar-refractivity contribution is -0.870. The quantitative estimate of drug-likeness (QED) is 0.0257. The van der Waals surface area contributed by atoms with E-state index in [2.05, 4.69) is 6.92 Å². The van der Waals surface area contributed by atoms with Gasteiger partial charge >= 0.3 is 11.9 Å². The minimum atomic E-state index is -4.59. The van der Waals surface area contributed by atoms with Crippen LogP contribution in [0.2, 0.25) is 0 Å². The van der Waals surface area contributed by atoms with Gasteiger partial charge in [-0.1, -0.05) is 239 Å². The molecule has 364 valence electrons. The van der Waals surface area contributed by atoms with Crippen LogP contribution in [0.5, 0.6) is 0 Å². The van der Waals surface area contributed by atoms with Gasteiger partial charge in [-0.3, -0.25) is 14.2 Å². The second-order valence-electron chi connectivity index (χ2n) is 19.3. The first-order chi connectivity index (χ1) is 29.5. The molecule has 0 aromatic heterocycles. The van der Waals surface area contributed by atoms with Crippen molar-refractivity contribution in [2.24, 2.45) is 0 Å². The zero-order valence-corrected chi connectivity index (χ0v) is 42.0. The summed E-state index contributed by atoms with van der Waals surface area (Å²) in [5.41, 5.74) is 0. The third-order valence-electron chi connectivity index (χ3n) is 11.8. The minimum Gasteiger partial charge on any atom is -0.756 e. The summed E-state index contributed by atoms with van der Waals surface area (Å²) in [7, 11) is 1.17. The van der Waals surface area contributed by atoms with Crippen LogP contribution in [0, 0.1) is 0 Å². The third kappa shape index (κ3) is 48.3. The van der Waals surface area contributed by atoms with E-state index in [4.69, 9.17) is 18.5 Å². The summed E-state index contributed by atoms with van der Waals surface area (Å²) < 4.78 is 33.2. The Bertz CT molecular complexity index is 1010. The van der Waals surface area contributed by atoms with Gasteiger partial charge in [-0.15, -0.1) is 0 Å². The highest BCUT2D eigenvalue weighted by Gasteiger charge is 2.21. The van der Waals surface area contributed by atoms with Crippen LogP contribution in [0.3, 0.4) is 0 Å². The number of quaternary nitrogens is 1. The number of phosphoric ester groups is 1. The second-order valence-corrected chi connectivity index (χ2v) is 20.7. The molecule has 0 aliphatic carbocycles. The van der Waals surface area contributed by atoms with E-state index in [0.29, 0.717) is 17.4 Å². The molecule has 10 heteroatoms. The Balaban J connectivity index is 3.52. The molecular weight excluding hydrogens is 786 g/mol. The zero-order valence-electron chi connectivity index (χ0n) is 41.1. The van der Waals surface area contributed by atoms with Crippen molar-refractivity contribution < 1.29 is 42.1 Å². The Kier molecular flexibility index (Phi) is 43.5. The Hall–Kier alpha value is -0.990. The number of esters is 2. The van der Waals surface area contributed by atoms with Crippen LogP contribution in [0.1, 0.15) is 264 Å². The molecule has 0 saturated heterocycles. The first-order valence-corrected chi connectivity index (χ1v) is 27.7. The maximum Gasteiger partial charge on any atom is 0.306 e. The number of carbonyl (C=O) groups is 2. The van der Waals surface area contributed by atoms with E-state index in [1.165, 1.54) is 212 Å². The summed E-state index contributed by atoms with van der Waals surface area (Å²) in [6.07, 6.45) is 49.6. The third-order valence-corrected chi connectivity index (χ3v) is 12.8. The number of likely N-dealkylation sites (N-methyl/N-ethyl adjacent to an activating group) is 1. The van der Waals surface area contributed by atoms with Gasteiger partial charge in [-0.25, -0.2) is 0 Å². The van der Waals surface area contributed by atoms with Gasteiger partial charge < -0.3 is 27.9 Å². The molecule has 0 fully saturated rings. The van der Waals surface area contributed by atoms with Crippen molar-refractivity contribution in [1.29, 1.82) is 0 Å². The maximum atomic E-state index is 12.3. The van der Waals surface area contributed by atoms with E-state index in [9.17, 15) is 19.0 Å². The number of unbranched alkanes of at least 4 members (excludes halogenated alkanes) is 35. The Labute approximate surface area is 378 Å². The predicted molar refractivity (Wildman–Crippen MR) is 255 cm³/mol. The normalized spacial score (nSPS) is 13.3. The molecule has 0 spiro atoms. The van der Waals surface area contributed by atoms with Crippen LogP contribution in [0.15, 0.2) is 0 Å². The van der Waals surface area contributed by atoms with E-state index < -0.39 is 26.5 Å². The van der Waals surface area contributed by atoms with E-state index in [1.807, 2.05) is 28.1 Å². The molecule has 9 nitrogen and oxygen atoms in total. The molecule has 0 heterocycles. The van der Waals surface area contributed by atoms with Crippen LogP contribution in [-0.2, 0) is 32.7 Å². The van der Waals surface area contributed by atoms with Crippen LogP contribution < -0.4 is 4.89 Å². The first kappa shape index (κ1) is 60.0. The van der Waals surface area contributed by atoms with E-state index >= 15 is 0 Å². The van der Waals surface area contributed by atoms with Crippen molar-refractivity contribution in [3.05, 3.63) is 0 Å². The Morgan fingerprint density at radius 1 is 0.443 bits per heavy atom. The summed E-state index contributed by atoms with van der Waals surface area (Å²) in [5, 5.41) is 0. The van der Waals surface area contributed by atoms with Crippen LogP contribution in [-0.4, -0.2) is 70.0 Å². The van der Waals surface area contributed by atoms with Gasteiger partial charge in [-0.05, 0) is 12.8 Å². The number of carbonyl (C=O) groups excluding carboxylic acids is 2. The summed E-state index contributed by atoms with van der Waals surface area (Å²) in [6.45, 7) is 3.86. The largest absolute Gasteiger partial charge is 0.756 e. The Morgan fingerprint density at radius 3 is 1.08 bits per heavy atom. The zero-order chi connectivity index (χ0) is 45.0. The molecule has 0 bridgehead atoms. The van der Waals surface area contributed by atoms with Gasteiger partial charge in [0.05, 0.1) is 27.7 Å². The van der Waals surface area contributed by atoms with Gasteiger partial charge in [-0.2, -0.15) is 0 Å². The average molecular weight is 888 g/mol. The summed E-state index contributed by atoms with van der Waals surface area (Å²) in [4.78, 5) is 36.5. The standard InChI is InChI=1S/C51H102NO8P/c1-6-8-9-10-11-12-13-14-15-16-17-18-19-20-21-22-23-24-25-26-27-28-29-30-31-32-33-34-35-36-37-38-39-40-41-42-44-50(53)57-47-49(60-51(54)43-7-2)48-59-61(55,56)58-46-45-52(3,4)5/h49H,6-48H2,1-5H3/t49-/m1/s1. The predicted octanol–water partition coefficient (Wildman–Crippen LogP) is 14.9. The molecule has 0 rings (SSSR count). The lowest BCUT2D eigenvalue weighted by Crippen LogP contribution is -2.37. The number of hydrogen-bond donors (Lipinski definition) is 0. The summed E-state index contributed by atoms with van der Waals surface area (Å²) >= 11 is 0. The fourth-order valence-electron chi connectivity index (χ4n) is 7.81. The van der Waals surface area contributed by atoms with E-state index in [-0.39, 0.29) is 32.0 Å². The van der Waals surface area contributed by atoms with Crippen molar-refractivity contribution in [1.82, 2.24) is 0 Å². The van der Waals surface area contributed by atoms with E-state index in [1.54, 1.807) is 0 Å². The second kappa shape index (κ2) is 44.2. The lowest BCUT2D eigenvalue weighted by atomic mass is 10.0. The van der Waals surface area contributed by atoms with E-state index in [0.717, 1.165) is 19.3 Å². The molecule has 0 saturated carbocycles.